The maximum Gasteiger partial charge on any atom is 0.427 e. The van der Waals surface area contributed by atoms with Crippen molar-refractivity contribution in [1.29, 1.82) is 0 Å². The lowest BCUT2D eigenvalue weighted by Gasteiger charge is -2.30. The van der Waals surface area contributed by atoms with Gasteiger partial charge in [0, 0.05) is 0 Å². The number of hydrogen-bond donors (Lipinski definition) is 1. The van der Waals surface area contributed by atoms with E-state index in [2.05, 4.69) is 0 Å². The fraction of sp³-hybridized carbons (Fsp3) is 0.250. The quantitative estimate of drug-likeness (QED) is 0.806. The Morgan fingerprint density at radius 3 is 1.94 bits per heavy atom. The Bertz CT molecular complexity index is 504. The fourth-order valence-corrected chi connectivity index (χ4v) is 1.91. The molecule has 0 spiro atoms. The van der Waals surface area contributed by atoms with Crippen LogP contribution in [0.5, 0.6) is 0 Å². The molecule has 1 heterocycles. The number of imide groups is 1. The minimum atomic E-state index is -1.33. The van der Waals surface area contributed by atoms with Crippen LogP contribution in [0.25, 0.3) is 0 Å². The maximum atomic E-state index is 12.1. The second-order valence-corrected chi connectivity index (χ2v) is 4.19. The Hall–Kier alpha value is -2.37. The zero-order chi connectivity index (χ0) is 13.4. The fourth-order valence-electron chi connectivity index (χ4n) is 1.91. The van der Waals surface area contributed by atoms with Crippen LogP contribution in [0.1, 0.15) is 34.6 Å². The zero-order valence-corrected chi connectivity index (χ0v) is 9.95. The molecule has 0 bridgehead atoms. The molecule has 0 radical (unpaired) electrons. The number of nitrogens with zero attached hydrogens (tertiary/aromatic N) is 2. The van der Waals surface area contributed by atoms with E-state index in [4.69, 9.17) is 5.11 Å². The molecule has 6 heteroatoms. The number of amides is 3. The second-order valence-electron chi connectivity index (χ2n) is 4.19. The lowest BCUT2D eigenvalue weighted by atomic mass is 10.1. The first-order valence-corrected chi connectivity index (χ1v) is 5.45. The number of carbonyl (C=O) groups excluding carboxylic acids is 2. The monoisotopic (exact) mass is 248 g/mol. The molecule has 0 unspecified atom stereocenters. The van der Waals surface area contributed by atoms with Gasteiger partial charge in [0.2, 0.25) is 0 Å². The molecule has 0 saturated carbocycles. The molecule has 0 fully saturated rings. The summed E-state index contributed by atoms with van der Waals surface area (Å²) >= 11 is 0. The molecule has 94 valence electrons. The van der Waals surface area contributed by atoms with Gasteiger partial charge in [-0.1, -0.05) is 12.1 Å². The van der Waals surface area contributed by atoms with Crippen LogP contribution in [0.2, 0.25) is 0 Å². The summed E-state index contributed by atoms with van der Waals surface area (Å²) in [5.41, 5.74) is 0.462. The highest BCUT2D eigenvalue weighted by molar-refractivity contribution is 6.21. The van der Waals surface area contributed by atoms with Gasteiger partial charge in [0.05, 0.1) is 17.2 Å². The highest BCUT2D eigenvalue weighted by atomic mass is 16.4. The average Bonchev–Trinajstić information content (AvgIpc) is 2.55. The second kappa shape index (κ2) is 4.14. The summed E-state index contributed by atoms with van der Waals surface area (Å²) in [6.07, 6.45) is -1.33. The van der Waals surface area contributed by atoms with Crippen LogP contribution in [0.4, 0.5) is 4.79 Å². The van der Waals surface area contributed by atoms with E-state index in [1.54, 1.807) is 26.0 Å². The van der Waals surface area contributed by atoms with Gasteiger partial charge in [-0.15, -0.1) is 0 Å². The average molecular weight is 248 g/mol. The Morgan fingerprint density at radius 1 is 1.17 bits per heavy atom. The molecule has 1 N–H and O–H groups in total. The normalized spacial score (nSPS) is 14.1. The van der Waals surface area contributed by atoms with Crippen LogP contribution in [0, 0.1) is 0 Å². The molecule has 18 heavy (non-hydrogen) atoms. The van der Waals surface area contributed by atoms with Gasteiger partial charge < -0.3 is 5.11 Å². The van der Waals surface area contributed by atoms with Crippen molar-refractivity contribution in [3.8, 4) is 0 Å². The molecular formula is C12H12N2O4. The summed E-state index contributed by atoms with van der Waals surface area (Å²) in [5, 5.41) is 10.5. The number of benzene rings is 1. The molecule has 6 nitrogen and oxygen atoms in total. The maximum absolute atomic E-state index is 12.1. The molecule has 1 aromatic carbocycles. The van der Waals surface area contributed by atoms with Crippen molar-refractivity contribution in [2.75, 3.05) is 0 Å². The van der Waals surface area contributed by atoms with Gasteiger partial charge in [-0.2, -0.15) is 5.01 Å². The summed E-state index contributed by atoms with van der Waals surface area (Å²) in [4.78, 5) is 35.3. The van der Waals surface area contributed by atoms with E-state index in [-0.39, 0.29) is 11.1 Å². The van der Waals surface area contributed by atoms with Crippen LogP contribution in [0.15, 0.2) is 24.3 Å². The van der Waals surface area contributed by atoms with Crippen molar-refractivity contribution < 1.29 is 19.5 Å². The van der Waals surface area contributed by atoms with Gasteiger partial charge in [0.1, 0.15) is 0 Å². The lowest BCUT2D eigenvalue weighted by molar-refractivity contribution is -0.00558. The smallest absolute Gasteiger partial charge is 0.427 e. The molecule has 1 aromatic rings. The predicted octanol–water partition coefficient (Wildman–Crippen LogP) is 1.59. The van der Waals surface area contributed by atoms with E-state index in [0.717, 1.165) is 5.01 Å². The summed E-state index contributed by atoms with van der Waals surface area (Å²) in [6, 6.07) is 5.78. The third-order valence-electron chi connectivity index (χ3n) is 2.67. The van der Waals surface area contributed by atoms with Crippen LogP contribution in [-0.2, 0) is 0 Å². The topological polar surface area (TPSA) is 77.9 Å². The first-order chi connectivity index (χ1) is 8.45. The Morgan fingerprint density at radius 2 is 1.61 bits per heavy atom. The molecule has 3 amide bonds. The van der Waals surface area contributed by atoms with Gasteiger partial charge in [0.15, 0.2) is 0 Å². The van der Waals surface area contributed by atoms with E-state index in [0.29, 0.717) is 5.01 Å². The molecule has 2 rings (SSSR count). The van der Waals surface area contributed by atoms with Gasteiger partial charge in [-0.05, 0) is 26.0 Å². The minimum Gasteiger partial charge on any atom is -0.464 e. The van der Waals surface area contributed by atoms with Crippen LogP contribution >= 0.6 is 0 Å². The number of carbonyl (C=O) groups is 3. The van der Waals surface area contributed by atoms with Gasteiger partial charge in [0.25, 0.3) is 11.8 Å². The largest absolute Gasteiger partial charge is 0.464 e. The third-order valence-corrected chi connectivity index (χ3v) is 2.67. The summed E-state index contributed by atoms with van der Waals surface area (Å²) < 4.78 is 0. The predicted molar refractivity (Wildman–Crippen MR) is 61.9 cm³/mol. The van der Waals surface area contributed by atoms with Gasteiger partial charge >= 0.3 is 6.09 Å². The number of carboxylic acid groups (broad SMARTS) is 1. The Kier molecular flexibility index (Phi) is 2.78. The van der Waals surface area contributed by atoms with Crippen LogP contribution < -0.4 is 0 Å². The van der Waals surface area contributed by atoms with E-state index < -0.39 is 23.9 Å². The Balaban J connectivity index is 2.47. The van der Waals surface area contributed by atoms with Crippen molar-refractivity contribution in [2.45, 2.75) is 19.9 Å². The van der Waals surface area contributed by atoms with Crippen LogP contribution in [0.3, 0.4) is 0 Å². The van der Waals surface area contributed by atoms with Gasteiger partial charge in [-0.25, -0.2) is 9.80 Å². The van der Waals surface area contributed by atoms with E-state index in [9.17, 15) is 14.4 Å². The third kappa shape index (κ3) is 1.62. The summed E-state index contributed by atoms with van der Waals surface area (Å²) in [5.74, 6) is -1.21. The SMILES string of the molecule is CC(C)N(C(=O)O)N1C(=O)c2ccccc2C1=O. The van der Waals surface area contributed by atoms with Crippen LogP contribution in [-0.4, -0.2) is 39.1 Å². The highest BCUT2D eigenvalue weighted by Crippen LogP contribution is 2.25. The highest BCUT2D eigenvalue weighted by Gasteiger charge is 2.42. The standard InChI is InChI=1S/C12H12N2O4/c1-7(2)13(12(17)18)14-10(15)8-5-3-4-6-9(8)11(14)16/h3-7H,1-2H3,(H,17,18). The number of fused-ring (bicyclic) bond motifs is 1. The molecule has 0 saturated heterocycles. The van der Waals surface area contributed by atoms with E-state index in [1.807, 2.05) is 0 Å². The summed E-state index contributed by atoms with van der Waals surface area (Å²) in [6.45, 7) is 3.19. The summed E-state index contributed by atoms with van der Waals surface area (Å²) in [7, 11) is 0. The van der Waals surface area contributed by atoms with E-state index >= 15 is 0 Å². The van der Waals surface area contributed by atoms with Crippen molar-refractivity contribution in [1.82, 2.24) is 10.0 Å². The van der Waals surface area contributed by atoms with Gasteiger partial charge in [-0.3, -0.25) is 9.59 Å². The zero-order valence-electron chi connectivity index (χ0n) is 9.95. The van der Waals surface area contributed by atoms with E-state index in [1.165, 1.54) is 12.1 Å². The van der Waals surface area contributed by atoms with Crippen molar-refractivity contribution in [3.05, 3.63) is 35.4 Å². The molecule has 0 aliphatic carbocycles. The van der Waals surface area contributed by atoms with Crippen molar-refractivity contribution >= 4 is 17.9 Å². The molecule has 0 atom stereocenters. The molecule has 0 aromatic heterocycles. The lowest BCUT2D eigenvalue weighted by Crippen LogP contribution is -2.52. The number of hydrazine groups is 1. The van der Waals surface area contributed by atoms with Crippen molar-refractivity contribution in [3.63, 3.8) is 0 Å². The minimum absolute atomic E-state index is 0.231. The number of rotatable bonds is 2. The molecule has 1 aliphatic heterocycles. The first kappa shape index (κ1) is 12.1. The first-order valence-electron chi connectivity index (χ1n) is 5.45. The molecule has 1 aliphatic rings. The molecular weight excluding hydrogens is 236 g/mol. The number of hydrogen-bond acceptors (Lipinski definition) is 3. The Labute approximate surface area is 103 Å². The van der Waals surface area contributed by atoms with Crippen molar-refractivity contribution in [2.24, 2.45) is 0 Å².